The van der Waals surface area contributed by atoms with Gasteiger partial charge >= 0.3 is 0 Å². The molecule has 20 heavy (non-hydrogen) atoms. The Kier molecular flexibility index (Phi) is 3.16. The zero-order valence-corrected chi connectivity index (χ0v) is 11.1. The van der Waals surface area contributed by atoms with Gasteiger partial charge < -0.3 is 5.11 Å². The van der Waals surface area contributed by atoms with Crippen LogP contribution in [-0.2, 0) is 13.5 Å². The van der Waals surface area contributed by atoms with E-state index in [1.807, 2.05) is 42.5 Å². The first kappa shape index (κ1) is 12.3. The Balaban J connectivity index is 1.82. The van der Waals surface area contributed by atoms with E-state index in [1.54, 1.807) is 13.1 Å². The van der Waals surface area contributed by atoms with Gasteiger partial charge in [-0.2, -0.15) is 4.80 Å². The number of hydrogen-bond donors (Lipinski definition) is 1. The number of rotatable bonds is 3. The van der Waals surface area contributed by atoms with Crippen molar-refractivity contribution in [2.75, 3.05) is 0 Å². The number of aryl methyl sites for hydroxylation is 1. The van der Waals surface area contributed by atoms with Crippen molar-refractivity contribution in [3.8, 4) is 17.1 Å². The smallest absolute Gasteiger partial charge is 0.204 e. The normalized spacial score (nSPS) is 10.7. The van der Waals surface area contributed by atoms with Gasteiger partial charge in [-0.05, 0) is 22.4 Å². The lowest BCUT2D eigenvalue weighted by Crippen LogP contribution is -1.92. The summed E-state index contributed by atoms with van der Waals surface area (Å²) in [6.07, 6.45) is 0.695. The predicted molar refractivity (Wildman–Crippen MR) is 75.1 cm³/mol. The largest absolute Gasteiger partial charge is 0.508 e. The lowest BCUT2D eigenvalue weighted by atomic mass is 10.0. The van der Waals surface area contributed by atoms with Crippen LogP contribution in [0.1, 0.15) is 11.1 Å². The summed E-state index contributed by atoms with van der Waals surface area (Å²) in [5, 5.41) is 21.7. The number of nitrogens with zero attached hydrogens (tertiary/aromatic N) is 4. The van der Waals surface area contributed by atoms with Crippen LogP contribution in [0.4, 0.5) is 0 Å². The molecular weight excluding hydrogens is 252 g/mol. The van der Waals surface area contributed by atoms with Crippen molar-refractivity contribution < 1.29 is 5.11 Å². The Labute approximate surface area is 116 Å². The molecule has 100 valence electrons. The Hall–Kier alpha value is -2.69. The quantitative estimate of drug-likeness (QED) is 0.789. The summed E-state index contributed by atoms with van der Waals surface area (Å²) in [7, 11) is 1.74. The van der Waals surface area contributed by atoms with Crippen LogP contribution in [0.25, 0.3) is 11.4 Å². The topological polar surface area (TPSA) is 63.8 Å². The number of phenolic OH excluding ortho intramolecular Hbond substituents is 1. The number of benzene rings is 2. The van der Waals surface area contributed by atoms with Crippen LogP contribution >= 0.6 is 0 Å². The van der Waals surface area contributed by atoms with Crippen molar-refractivity contribution in [2.45, 2.75) is 6.42 Å². The Bertz CT molecular complexity index is 719. The van der Waals surface area contributed by atoms with Gasteiger partial charge in [0.05, 0.1) is 7.05 Å². The molecule has 0 unspecified atom stereocenters. The Morgan fingerprint density at radius 1 is 1.05 bits per heavy atom. The van der Waals surface area contributed by atoms with Gasteiger partial charge in [0, 0.05) is 12.0 Å². The summed E-state index contributed by atoms with van der Waals surface area (Å²) in [5.74, 6) is 0.939. The maximum Gasteiger partial charge on any atom is 0.204 e. The van der Waals surface area contributed by atoms with Gasteiger partial charge in [0.15, 0.2) is 0 Å². The van der Waals surface area contributed by atoms with Crippen LogP contribution in [-0.4, -0.2) is 25.3 Å². The molecule has 0 saturated heterocycles. The third-order valence-corrected chi connectivity index (χ3v) is 3.11. The van der Waals surface area contributed by atoms with E-state index in [-0.39, 0.29) is 0 Å². The van der Waals surface area contributed by atoms with Gasteiger partial charge in [0.25, 0.3) is 0 Å². The van der Waals surface area contributed by atoms with Gasteiger partial charge in [0.2, 0.25) is 5.82 Å². The fraction of sp³-hybridized carbons (Fsp3) is 0.133. The number of tetrazole rings is 1. The molecule has 0 fully saturated rings. The zero-order valence-electron chi connectivity index (χ0n) is 11.1. The number of aromatic hydroxyl groups is 1. The monoisotopic (exact) mass is 266 g/mol. The standard InChI is InChI=1S/C15H14N4O/c1-19-17-15(16-18-19)12-8-6-11(7-9-12)10-13-4-2-3-5-14(13)20/h2-9,20H,10H2,1H3. The van der Waals surface area contributed by atoms with E-state index in [0.29, 0.717) is 18.0 Å². The number of hydrogen-bond acceptors (Lipinski definition) is 4. The molecule has 0 spiro atoms. The first-order valence-corrected chi connectivity index (χ1v) is 6.32. The molecule has 0 radical (unpaired) electrons. The molecule has 0 aliphatic heterocycles. The fourth-order valence-electron chi connectivity index (χ4n) is 2.05. The molecule has 0 atom stereocenters. The second-order valence-corrected chi connectivity index (χ2v) is 4.60. The molecule has 0 amide bonds. The lowest BCUT2D eigenvalue weighted by molar-refractivity contribution is 0.469. The van der Waals surface area contributed by atoms with Gasteiger partial charge in [-0.25, -0.2) is 0 Å². The van der Waals surface area contributed by atoms with E-state index in [0.717, 1.165) is 16.7 Å². The third kappa shape index (κ3) is 2.51. The van der Waals surface area contributed by atoms with E-state index in [9.17, 15) is 5.11 Å². The first-order chi connectivity index (χ1) is 9.72. The van der Waals surface area contributed by atoms with Crippen LogP contribution in [0.2, 0.25) is 0 Å². The van der Waals surface area contributed by atoms with Crippen LogP contribution in [0, 0.1) is 0 Å². The fourth-order valence-corrected chi connectivity index (χ4v) is 2.05. The van der Waals surface area contributed by atoms with E-state index in [1.165, 1.54) is 4.80 Å². The predicted octanol–water partition coefficient (Wildman–Crippen LogP) is 2.17. The van der Waals surface area contributed by atoms with Crippen molar-refractivity contribution in [3.05, 3.63) is 59.7 Å². The molecule has 1 aromatic heterocycles. The Morgan fingerprint density at radius 3 is 2.45 bits per heavy atom. The van der Waals surface area contributed by atoms with Crippen LogP contribution in [0.5, 0.6) is 5.75 Å². The van der Waals surface area contributed by atoms with E-state index < -0.39 is 0 Å². The van der Waals surface area contributed by atoms with E-state index >= 15 is 0 Å². The van der Waals surface area contributed by atoms with Crippen molar-refractivity contribution in [3.63, 3.8) is 0 Å². The number of phenols is 1. The van der Waals surface area contributed by atoms with E-state index in [4.69, 9.17) is 0 Å². The van der Waals surface area contributed by atoms with Gasteiger partial charge in [0.1, 0.15) is 5.75 Å². The Morgan fingerprint density at radius 2 is 1.80 bits per heavy atom. The van der Waals surface area contributed by atoms with Crippen LogP contribution < -0.4 is 0 Å². The second kappa shape index (κ2) is 5.13. The number of aromatic nitrogens is 4. The molecule has 1 N–H and O–H groups in total. The van der Waals surface area contributed by atoms with Crippen molar-refractivity contribution in [1.82, 2.24) is 20.2 Å². The minimum Gasteiger partial charge on any atom is -0.508 e. The average molecular weight is 266 g/mol. The molecule has 5 nitrogen and oxygen atoms in total. The number of para-hydroxylation sites is 1. The summed E-state index contributed by atoms with van der Waals surface area (Å²) in [6, 6.07) is 15.3. The molecular formula is C15H14N4O. The first-order valence-electron chi connectivity index (χ1n) is 6.32. The summed E-state index contributed by atoms with van der Waals surface area (Å²) < 4.78 is 0. The summed E-state index contributed by atoms with van der Waals surface area (Å²) in [4.78, 5) is 1.44. The highest BCUT2D eigenvalue weighted by molar-refractivity contribution is 5.54. The highest BCUT2D eigenvalue weighted by atomic mass is 16.3. The molecule has 5 heteroatoms. The summed E-state index contributed by atoms with van der Waals surface area (Å²) >= 11 is 0. The van der Waals surface area contributed by atoms with Gasteiger partial charge in [-0.15, -0.1) is 10.2 Å². The molecule has 0 saturated carbocycles. The maximum absolute atomic E-state index is 9.78. The van der Waals surface area contributed by atoms with Crippen molar-refractivity contribution >= 4 is 0 Å². The highest BCUT2D eigenvalue weighted by Gasteiger charge is 2.05. The minimum absolute atomic E-state index is 0.326. The van der Waals surface area contributed by atoms with Crippen molar-refractivity contribution in [2.24, 2.45) is 7.05 Å². The SMILES string of the molecule is Cn1nnc(-c2ccc(Cc3ccccc3O)cc2)n1. The minimum atomic E-state index is 0.326. The van der Waals surface area contributed by atoms with Gasteiger partial charge in [-0.3, -0.25) is 0 Å². The third-order valence-electron chi connectivity index (χ3n) is 3.11. The average Bonchev–Trinajstić information content (AvgIpc) is 2.89. The second-order valence-electron chi connectivity index (χ2n) is 4.60. The zero-order chi connectivity index (χ0) is 13.9. The summed E-state index contributed by atoms with van der Waals surface area (Å²) in [5.41, 5.74) is 2.97. The maximum atomic E-state index is 9.78. The molecule has 0 aliphatic rings. The molecule has 3 rings (SSSR count). The molecule has 0 aliphatic carbocycles. The van der Waals surface area contributed by atoms with Crippen LogP contribution in [0.3, 0.4) is 0 Å². The molecule has 2 aromatic carbocycles. The van der Waals surface area contributed by atoms with Gasteiger partial charge in [-0.1, -0.05) is 42.5 Å². The lowest BCUT2D eigenvalue weighted by Gasteiger charge is -2.05. The highest BCUT2D eigenvalue weighted by Crippen LogP contribution is 2.21. The molecule has 1 heterocycles. The summed E-state index contributed by atoms with van der Waals surface area (Å²) in [6.45, 7) is 0. The van der Waals surface area contributed by atoms with Crippen LogP contribution in [0.15, 0.2) is 48.5 Å². The molecule has 3 aromatic rings. The molecule has 0 bridgehead atoms. The van der Waals surface area contributed by atoms with E-state index in [2.05, 4.69) is 15.4 Å². The van der Waals surface area contributed by atoms with Crippen molar-refractivity contribution in [1.29, 1.82) is 0 Å².